The van der Waals surface area contributed by atoms with Crippen LogP contribution < -0.4 is 15.8 Å². The molecule has 0 aliphatic rings. The molecule has 3 N–H and O–H groups in total. The summed E-state index contributed by atoms with van der Waals surface area (Å²) >= 11 is 0. The molecule has 0 aliphatic heterocycles. The first-order valence-electron chi connectivity index (χ1n) is 7.54. The number of rotatable bonds is 7. The van der Waals surface area contributed by atoms with Crippen LogP contribution in [0.5, 0.6) is 5.75 Å². The Morgan fingerprint density at radius 1 is 1.23 bits per heavy atom. The molecular formula is C17H29ClN2O2. The maximum Gasteiger partial charge on any atom is 0.224 e. The average Bonchev–Trinajstić information content (AvgIpc) is 2.45. The van der Waals surface area contributed by atoms with Crippen molar-refractivity contribution < 1.29 is 9.53 Å². The van der Waals surface area contributed by atoms with Crippen molar-refractivity contribution in [3.63, 3.8) is 0 Å². The highest BCUT2D eigenvalue weighted by Crippen LogP contribution is 2.21. The zero-order valence-electron chi connectivity index (χ0n) is 14.1. The molecule has 22 heavy (non-hydrogen) atoms. The normalized spacial score (nSPS) is 14.7. The molecule has 1 aromatic rings. The van der Waals surface area contributed by atoms with Crippen molar-refractivity contribution in [2.75, 3.05) is 7.11 Å². The van der Waals surface area contributed by atoms with Gasteiger partial charge in [0.1, 0.15) is 5.75 Å². The summed E-state index contributed by atoms with van der Waals surface area (Å²) in [5.74, 6) is 1.01. The minimum Gasteiger partial charge on any atom is -0.496 e. The van der Waals surface area contributed by atoms with E-state index in [4.69, 9.17) is 10.5 Å². The Labute approximate surface area is 140 Å². The highest BCUT2D eigenvalue weighted by atomic mass is 35.5. The molecule has 0 radical (unpaired) electrons. The van der Waals surface area contributed by atoms with Gasteiger partial charge in [-0.1, -0.05) is 39.0 Å². The topological polar surface area (TPSA) is 64.3 Å². The van der Waals surface area contributed by atoms with E-state index < -0.39 is 0 Å². The smallest absolute Gasteiger partial charge is 0.224 e. The molecule has 0 heterocycles. The first-order valence-corrected chi connectivity index (χ1v) is 7.54. The number of carbonyl (C=O) groups is 1. The predicted octanol–water partition coefficient (Wildman–Crippen LogP) is 2.78. The summed E-state index contributed by atoms with van der Waals surface area (Å²) in [6, 6.07) is 7.83. The number of halogens is 1. The highest BCUT2D eigenvalue weighted by molar-refractivity contribution is 5.85. The zero-order valence-corrected chi connectivity index (χ0v) is 14.9. The molecule has 4 nitrogen and oxygen atoms in total. The van der Waals surface area contributed by atoms with Crippen molar-refractivity contribution in [2.45, 2.75) is 46.2 Å². The van der Waals surface area contributed by atoms with Gasteiger partial charge >= 0.3 is 0 Å². The molecule has 126 valence electrons. The van der Waals surface area contributed by atoms with Crippen LogP contribution >= 0.6 is 12.4 Å². The number of para-hydroxylation sites is 1. The van der Waals surface area contributed by atoms with Crippen molar-refractivity contribution >= 4 is 18.3 Å². The SMILES string of the molecule is COc1ccccc1CC(NC(=O)C(C)C(C)N)C(C)C.Cl. The zero-order chi connectivity index (χ0) is 16.0. The van der Waals surface area contributed by atoms with Crippen LogP contribution in [0.25, 0.3) is 0 Å². The molecule has 0 aromatic heterocycles. The Kier molecular flexibility index (Phi) is 9.14. The molecule has 0 fully saturated rings. The van der Waals surface area contributed by atoms with Gasteiger partial charge in [-0.25, -0.2) is 0 Å². The lowest BCUT2D eigenvalue weighted by Crippen LogP contribution is -2.46. The van der Waals surface area contributed by atoms with Crippen molar-refractivity contribution in [3.05, 3.63) is 29.8 Å². The van der Waals surface area contributed by atoms with Crippen molar-refractivity contribution in [2.24, 2.45) is 17.6 Å². The third-order valence-electron chi connectivity index (χ3n) is 3.97. The molecular weight excluding hydrogens is 300 g/mol. The van der Waals surface area contributed by atoms with Gasteiger partial charge in [-0.3, -0.25) is 4.79 Å². The van der Waals surface area contributed by atoms with Crippen molar-refractivity contribution in [1.82, 2.24) is 5.32 Å². The van der Waals surface area contributed by atoms with Crippen LogP contribution in [0.4, 0.5) is 0 Å². The van der Waals surface area contributed by atoms with E-state index in [1.165, 1.54) is 0 Å². The van der Waals surface area contributed by atoms with Gasteiger partial charge in [-0.05, 0) is 30.9 Å². The summed E-state index contributed by atoms with van der Waals surface area (Å²) < 4.78 is 5.38. The Morgan fingerprint density at radius 2 is 1.82 bits per heavy atom. The minimum absolute atomic E-state index is 0. The second-order valence-corrected chi connectivity index (χ2v) is 6.02. The molecule has 0 bridgehead atoms. The summed E-state index contributed by atoms with van der Waals surface area (Å²) in [6.45, 7) is 7.93. The van der Waals surface area contributed by atoms with E-state index in [1.807, 2.05) is 38.1 Å². The monoisotopic (exact) mass is 328 g/mol. The molecule has 0 spiro atoms. The van der Waals surface area contributed by atoms with Gasteiger partial charge in [0.25, 0.3) is 0 Å². The summed E-state index contributed by atoms with van der Waals surface area (Å²) in [4.78, 5) is 12.2. The molecule has 0 saturated heterocycles. The summed E-state index contributed by atoms with van der Waals surface area (Å²) in [5.41, 5.74) is 6.91. The first kappa shape index (κ1) is 20.7. The highest BCUT2D eigenvalue weighted by Gasteiger charge is 2.23. The number of nitrogens with two attached hydrogens (primary N) is 1. The Hall–Kier alpha value is -1.26. The van der Waals surface area contributed by atoms with Gasteiger partial charge in [-0.2, -0.15) is 0 Å². The largest absolute Gasteiger partial charge is 0.496 e. The fraction of sp³-hybridized carbons (Fsp3) is 0.588. The lowest BCUT2D eigenvalue weighted by atomic mass is 9.94. The molecule has 1 aromatic carbocycles. The second kappa shape index (κ2) is 9.70. The number of ether oxygens (including phenoxy) is 1. The quantitative estimate of drug-likeness (QED) is 0.809. The maximum atomic E-state index is 12.2. The van der Waals surface area contributed by atoms with E-state index in [0.717, 1.165) is 17.7 Å². The fourth-order valence-corrected chi connectivity index (χ4v) is 2.11. The number of benzene rings is 1. The third-order valence-corrected chi connectivity index (χ3v) is 3.97. The molecule has 0 saturated carbocycles. The lowest BCUT2D eigenvalue weighted by molar-refractivity contribution is -0.126. The summed E-state index contributed by atoms with van der Waals surface area (Å²) in [7, 11) is 1.67. The van der Waals surface area contributed by atoms with E-state index in [0.29, 0.717) is 5.92 Å². The van der Waals surface area contributed by atoms with E-state index >= 15 is 0 Å². The number of hydrogen-bond acceptors (Lipinski definition) is 3. The predicted molar refractivity (Wildman–Crippen MR) is 93.5 cm³/mol. The molecule has 3 unspecified atom stereocenters. The minimum atomic E-state index is -0.191. The van der Waals surface area contributed by atoms with E-state index in [1.54, 1.807) is 7.11 Å². The van der Waals surface area contributed by atoms with Crippen LogP contribution in [0.3, 0.4) is 0 Å². The second-order valence-electron chi connectivity index (χ2n) is 6.02. The lowest BCUT2D eigenvalue weighted by Gasteiger charge is -2.26. The van der Waals surface area contributed by atoms with E-state index in [9.17, 15) is 4.79 Å². The van der Waals surface area contributed by atoms with E-state index in [-0.39, 0.29) is 36.3 Å². The molecule has 1 amide bonds. The molecule has 3 atom stereocenters. The van der Waals surface area contributed by atoms with Gasteiger partial charge in [0.2, 0.25) is 5.91 Å². The van der Waals surface area contributed by atoms with Crippen LogP contribution in [0.2, 0.25) is 0 Å². The van der Waals surface area contributed by atoms with Gasteiger partial charge in [0, 0.05) is 18.0 Å². The van der Waals surface area contributed by atoms with Crippen LogP contribution in [-0.4, -0.2) is 25.1 Å². The molecule has 1 rings (SSSR count). The van der Waals surface area contributed by atoms with Crippen molar-refractivity contribution in [1.29, 1.82) is 0 Å². The summed E-state index contributed by atoms with van der Waals surface area (Å²) in [6.07, 6.45) is 0.749. The number of nitrogens with one attached hydrogen (secondary N) is 1. The Balaban J connectivity index is 0.00000441. The van der Waals surface area contributed by atoms with Crippen LogP contribution in [-0.2, 0) is 11.2 Å². The van der Waals surface area contributed by atoms with Gasteiger partial charge in [0.05, 0.1) is 7.11 Å². The molecule has 0 aliphatic carbocycles. The fourth-order valence-electron chi connectivity index (χ4n) is 2.11. The maximum absolute atomic E-state index is 12.2. The third kappa shape index (κ3) is 5.85. The molecule has 5 heteroatoms. The van der Waals surface area contributed by atoms with Crippen LogP contribution in [0.15, 0.2) is 24.3 Å². The van der Waals surface area contributed by atoms with Gasteiger partial charge in [-0.15, -0.1) is 12.4 Å². The number of amides is 1. The Morgan fingerprint density at radius 3 is 2.32 bits per heavy atom. The van der Waals surface area contributed by atoms with Crippen LogP contribution in [0, 0.1) is 11.8 Å². The van der Waals surface area contributed by atoms with Crippen LogP contribution in [0.1, 0.15) is 33.3 Å². The first-order chi connectivity index (χ1) is 9.86. The number of hydrogen-bond donors (Lipinski definition) is 2. The Bertz CT molecular complexity index is 464. The van der Waals surface area contributed by atoms with Gasteiger partial charge in [0.15, 0.2) is 0 Å². The standard InChI is InChI=1S/C17H28N2O2.ClH/c1-11(2)15(19-17(20)12(3)13(4)18)10-14-8-6-7-9-16(14)21-5;/h6-9,11-13,15H,10,18H2,1-5H3,(H,19,20);1H. The van der Waals surface area contributed by atoms with Gasteiger partial charge < -0.3 is 15.8 Å². The van der Waals surface area contributed by atoms with E-state index in [2.05, 4.69) is 19.2 Å². The number of carbonyl (C=O) groups excluding carboxylic acids is 1. The van der Waals surface area contributed by atoms with Crippen molar-refractivity contribution in [3.8, 4) is 5.75 Å². The average molecular weight is 329 g/mol. The number of methoxy groups -OCH3 is 1. The summed E-state index contributed by atoms with van der Waals surface area (Å²) in [5, 5.41) is 3.12.